The van der Waals surface area contributed by atoms with E-state index < -0.39 is 10.0 Å². The Morgan fingerprint density at radius 1 is 1.21 bits per heavy atom. The highest BCUT2D eigenvalue weighted by molar-refractivity contribution is 7.89. The van der Waals surface area contributed by atoms with Gasteiger partial charge in [-0.1, -0.05) is 19.8 Å². The van der Waals surface area contributed by atoms with E-state index in [1.807, 2.05) is 13.8 Å². The van der Waals surface area contributed by atoms with Crippen LogP contribution in [0.25, 0.3) is 16.9 Å². The van der Waals surface area contributed by atoms with Crippen molar-refractivity contribution in [3.05, 3.63) is 40.1 Å². The molecule has 12 heteroatoms. The molecule has 39 heavy (non-hydrogen) atoms. The molecule has 0 bridgehead atoms. The van der Waals surface area contributed by atoms with Crippen molar-refractivity contribution in [3.8, 4) is 17.1 Å². The molecule has 212 valence electrons. The number of rotatable bonds is 11. The SMILES string of the molecule is CCCOc1ccc(S(=O)(=O)NCCCN2CCOCC2)cc1-c1nn2c(C3CCCC3)nc(C)c2c(=O)[nH]1. The average molecular weight is 559 g/mol. The Morgan fingerprint density at radius 3 is 2.72 bits per heavy atom. The van der Waals surface area contributed by atoms with E-state index in [-0.39, 0.29) is 22.2 Å². The van der Waals surface area contributed by atoms with Crippen molar-refractivity contribution in [2.45, 2.75) is 63.2 Å². The predicted molar refractivity (Wildman–Crippen MR) is 148 cm³/mol. The molecular formula is C27H38N6O5S. The first-order valence-electron chi connectivity index (χ1n) is 13.9. The summed E-state index contributed by atoms with van der Waals surface area (Å²) in [6.45, 7) is 8.54. The molecule has 2 aliphatic rings. The summed E-state index contributed by atoms with van der Waals surface area (Å²) in [5, 5.41) is 4.78. The number of hydrogen-bond donors (Lipinski definition) is 2. The average Bonchev–Trinajstić information content (AvgIpc) is 3.58. The van der Waals surface area contributed by atoms with Crippen LogP contribution >= 0.6 is 0 Å². The molecule has 0 unspecified atom stereocenters. The number of sulfonamides is 1. The molecule has 0 atom stereocenters. The fraction of sp³-hybridized carbons (Fsp3) is 0.593. The Kier molecular flexibility index (Phi) is 8.65. The normalized spacial score (nSPS) is 17.3. The zero-order valence-electron chi connectivity index (χ0n) is 22.7. The summed E-state index contributed by atoms with van der Waals surface area (Å²) in [7, 11) is -3.79. The van der Waals surface area contributed by atoms with Crippen LogP contribution in [0.3, 0.4) is 0 Å². The lowest BCUT2D eigenvalue weighted by Gasteiger charge is -2.26. The molecule has 3 aromatic rings. The number of nitrogens with zero attached hydrogens (tertiary/aromatic N) is 4. The summed E-state index contributed by atoms with van der Waals surface area (Å²) in [5.74, 6) is 1.75. The van der Waals surface area contributed by atoms with E-state index in [9.17, 15) is 13.2 Å². The second kappa shape index (κ2) is 12.2. The van der Waals surface area contributed by atoms with Gasteiger partial charge in [0.15, 0.2) is 11.3 Å². The highest BCUT2D eigenvalue weighted by Crippen LogP contribution is 2.35. The van der Waals surface area contributed by atoms with Crippen LogP contribution in [0.4, 0.5) is 0 Å². The predicted octanol–water partition coefficient (Wildman–Crippen LogP) is 2.84. The molecule has 2 fully saturated rings. The largest absolute Gasteiger partial charge is 0.493 e. The molecule has 3 heterocycles. The lowest BCUT2D eigenvalue weighted by atomic mass is 10.1. The van der Waals surface area contributed by atoms with Gasteiger partial charge in [-0.05, 0) is 57.4 Å². The fourth-order valence-electron chi connectivity index (χ4n) is 5.38. The van der Waals surface area contributed by atoms with Crippen molar-refractivity contribution in [1.29, 1.82) is 0 Å². The molecule has 1 saturated carbocycles. The van der Waals surface area contributed by atoms with Gasteiger partial charge in [0.25, 0.3) is 5.56 Å². The number of benzene rings is 1. The lowest BCUT2D eigenvalue weighted by Crippen LogP contribution is -2.38. The van der Waals surface area contributed by atoms with Crippen molar-refractivity contribution >= 4 is 15.5 Å². The Balaban J connectivity index is 1.45. The highest BCUT2D eigenvalue weighted by atomic mass is 32.2. The Hall–Kier alpha value is -2.80. The maximum Gasteiger partial charge on any atom is 0.277 e. The van der Waals surface area contributed by atoms with Crippen molar-refractivity contribution in [2.75, 3.05) is 46.0 Å². The molecule has 11 nitrogen and oxygen atoms in total. The minimum Gasteiger partial charge on any atom is -0.493 e. The van der Waals surface area contributed by atoms with E-state index in [0.717, 1.165) is 57.6 Å². The van der Waals surface area contributed by atoms with Crippen LogP contribution in [0.2, 0.25) is 0 Å². The van der Waals surface area contributed by atoms with Gasteiger partial charge in [0.05, 0.1) is 36.0 Å². The maximum atomic E-state index is 13.2. The first-order chi connectivity index (χ1) is 18.9. The summed E-state index contributed by atoms with van der Waals surface area (Å²) in [5.41, 5.74) is 1.16. The number of aromatic nitrogens is 4. The number of fused-ring (bicyclic) bond motifs is 1. The molecule has 1 aromatic carbocycles. The zero-order valence-corrected chi connectivity index (χ0v) is 23.6. The number of hydrogen-bond acceptors (Lipinski definition) is 8. The van der Waals surface area contributed by atoms with Crippen LogP contribution in [0.5, 0.6) is 5.75 Å². The summed E-state index contributed by atoms with van der Waals surface area (Å²) in [6, 6.07) is 4.69. The molecule has 0 spiro atoms. The minimum atomic E-state index is -3.79. The lowest BCUT2D eigenvalue weighted by molar-refractivity contribution is 0.0376. The Morgan fingerprint density at radius 2 is 1.97 bits per heavy atom. The molecule has 2 aromatic heterocycles. The zero-order chi connectivity index (χ0) is 27.4. The summed E-state index contributed by atoms with van der Waals surface area (Å²) >= 11 is 0. The molecule has 5 rings (SSSR count). The van der Waals surface area contributed by atoms with Gasteiger partial charge in [-0.25, -0.2) is 22.6 Å². The first-order valence-corrected chi connectivity index (χ1v) is 15.4. The summed E-state index contributed by atoms with van der Waals surface area (Å²) < 4.78 is 42.1. The van der Waals surface area contributed by atoms with Crippen molar-refractivity contribution in [3.63, 3.8) is 0 Å². The second-order valence-corrected chi connectivity index (χ2v) is 12.1. The monoisotopic (exact) mass is 558 g/mol. The third kappa shape index (κ3) is 6.19. The smallest absolute Gasteiger partial charge is 0.277 e. The minimum absolute atomic E-state index is 0.0910. The number of nitrogens with one attached hydrogen (secondary N) is 2. The Labute approximate surface area is 229 Å². The number of imidazole rings is 1. The quantitative estimate of drug-likeness (QED) is 0.344. The number of H-pyrrole nitrogens is 1. The second-order valence-electron chi connectivity index (χ2n) is 10.3. The third-order valence-corrected chi connectivity index (χ3v) is 8.90. The molecule has 2 N–H and O–H groups in total. The highest BCUT2D eigenvalue weighted by Gasteiger charge is 2.26. The van der Waals surface area contributed by atoms with Crippen LogP contribution < -0.4 is 15.0 Å². The number of ether oxygens (including phenoxy) is 2. The Bertz CT molecular complexity index is 1460. The molecule has 1 aliphatic carbocycles. The van der Waals surface area contributed by atoms with E-state index >= 15 is 0 Å². The van der Waals surface area contributed by atoms with Crippen molar-refractivity contribution < 1.29 is 17.9 Å². The van der Waals surface area contributed by atoms with E-state index in [2.05, 4.69) is 14.6 Å². The van der Waals surface area contributed by atoms with Crippen LogP contribution in [-0.4, -0.2) is 78.9 Å². The molecule has 0 amide bonds. The first kappa shape index (κ1) is 27.8. The van der Waals surface area contributed by atoms with E-state index in [4.69, 9.17) is 19.6 Å². The van der Waals surface area contributed by atoms with Crippen LogP contribution in [0.1, 0.15) is 62.9 Å². The van der Waals surface area contributed by atoms with E-state index in [1.165, 1.54) is 12.1 Å². The number of aromatic amines is 1. The topological polar surface area (TPSA) is 131 Å². The molecule has 1 aliphatic heterocycles. The standard InChI is InChI=1S/C27H38N6O5S/c1-3-15-38-23-10-9-21(39(35,36)28-11-6-12-32-13-16-37-17-14-32)18-22(23)25-30-27(34)24-19(2)29-26(33(24)31-25)20-7-4-5-8-20/h9-10,18,20,28H,3-8,11-17H2,1-2H3,(H,30,31,34). The van der Waals surface area contributed by atoms with Gasteiger partial charge >= 0.3 is 0 Å². The van der Waals surface area contributed by atoms with Gasteiger partial charge in [-0.15, -0.1) is 5.10 Å². The molecule has 0 radical (unpaired) electrons. The van der Waals surface area contributed by atoms with Gasteiger partial charge in [0.1, 0.15) is 11.6 Å². The fourth-order valence-corrected chi connectivity index (χ4v) is 6.48. The van der Waals surface area contributed by atoms with Gasteiger partial charge in [0, 0.05) is 25.6 Å². The van der Waals surface area contributed by atoms with Crippen LogP contribution in [-0.2, 0) is 14.8 Å². The van der Waals surface area contributed by atoms with E-state index in [0.29, 0.717) is 55.3 Å². The van der Waals surface area contributed by atoms with Crippen LogP contribution in [0.15, 0.2) is 27.9 Å². The summed E-state index contributed by atoms with van der Waals surface area (Å²) in [4.78, 5) is 23.1. The molecule has 1 saturated heterocycles. The van der Waals surface area contributed by atoms with Crippen molar-refractivity contribution in [1.82, 2.24) is 29.2 Å². The van der Waals surface area contributed by atoms with Crippen molar-refractivity contribution in [2.24, 2.45) is 0 Å². The summed E-state index contributed by atoms with van der Waals surface area (Å²) in [6.07, 6.45) is 5.75. The maximum absolute atomic E-state index is 13.2. The molecular weight excluding hydrogens is 520 g/mol. The number of morpholine rings is 1. The van der Waals surface area contributed by atoms with Gasteiger partial charge in [-0.3, -0.25) is 9.69 Å². The number of aryl methyl sites for hydroxylation is 1. The van der Waals surface area contributed by atoms with Gasteiger partial charge < -0.3 is 14.5 Å². The van der Waals surface area contributed by atoms with Gasteiger partial charge in [-0.2, -0.15) is 0 Å². The third-order valence-electron chi connectivity index (χ3n) is 7.45. The van der Waals surface area contributed by atoms with Gasteiger partial charge in [0.2, 0.25) is 10.0 Å². The van der Waals surface area contributed by atoms with E-state index in [1.54, 1.807) is 10.6 Å². The van der Waals surface area contributed by atoms with Crippen LogP contribution in [0, 0.1) is 6.92 Å².